The zero-order valence-corrected chi connectivity index (χ0v) is 31.1. The Kier molecular flexibility index (Phi) is 13.7. The standard InChI is InChI=1S/C22H19Cl2NO3.C13H22N4O3S/c1-22(2)17(12-19(23)24)20(22)21(26)28-18(13-25)14-7-6-10-16(11-14)27-15-8-4-3-5-9-15;1-7-20-9(18)8-21-11-14-10(13(2,3)4)15-17(11)12(19)16(5)6/h3-12,17-18,20H,1-2H3;7-8H2,1-6H3. The molecule has 0 N–H and O–H groups in total. The van der Waals surface area contributed by atoms with Crippen molar-refractivity contribution in [3.05, 3.63) is 76.6 Å². The van der Waals surface area contributed by atoms with Crippen LogP contribution in [0.3, 0.4) is 0 Å². The van der Waals surface area contributed by atoms with Gasteiger partial charge in [0.15, 0.2) is 11.0 Å². The first-order valence-electron chi connectivity index (χ1n) is 15.4. The van der Waals surface area contributed by atoms with Crippen molar-refractivity contribution in [1.29, 1.82) is 5.26 Å². The minimum atomic E-state index is -1.03. The molecule has 3 aromatic rings. The molecule has 49 heavy (non-hydrogen) atoms. The van der Waals surface area contributed by atoms with E-state index in [-0.39, 0.29) is 44.9 Å². The zero-order valence-electron chi connectivity index (χ0n) is 28.8. The SMILES string of the molecule is CC1(C)C(C=C(Cl)Cl)C1C(=O)OC(C#N)c1cccc(Oc2ccccc2)c1.CCOC(=O)CSc1nc(C(C)(C)C)nn1C(=O)N(C)C. The molecule has 1 aliphatic carbocycles. The van der Waals surface area contributed by atoms with Crippen LogP contribution in [0.25, 0.3) is 0 Å². The van der Waals surface area contributed by atoms with Gasteiger partial charge in [-0.25, -0.2) is 9.78 Å². The number of para-hydroxylation sites is 1. The monoisotopic (exact) mass is 729 g/mol. The van der Waals surface area contributed by atoms with Gasteiger partial charge in [0.2, 0.25) is 6.10 Å². The molecule has 0 radical (unpaired) electrons. The van der Waals surface area contributed by atoms with Gasteiger partial charge in [0.05, 0.1) is 18.3 Å². The Morgan fingerprint density at radius 1 is 1.10 bits per heavy atom. The molecule has 1 aliphatic rings. The Morgan fingerprint density at radius 2 is 1.76 bits per heavy atom. The first kappa shape index (κ1) is 39.4. The minimum absolute atomic E-state index is 0.0941. The van der Waals surface area contributed by atoms with Crippen LogP contribution in [-0.2, 0) is 24.5 Å². The van der Waals surface area contributed by atoms with Gasteiger partial charge in [-0.15, -0.1) is 5.10 Å². The number of allylic oxidation sites excluding steroid dienone is 1. The summed E-state index contributed by atoms with van der Waals surface area (Å²) in [4.78, 5) is 42.0. The summed E-state index contributed by atoms with van der Waals surface area (Å²) in [6.07, 6.45) is 0.615. The summed E-state index contributed by atoms with van der Waals surface area (Å²) in [6, 6.07) is 18.0. The lowest BCUT2D eigenvalue weighted by Crippen LogP contribution is -2.29. The van der Waals surface area contributed by atoms with Gasteiger partial charge in [0.1, 0.15) is 22.1 Å². The lowest BCUT2D eigenvalue weighted by molar-refractivity contribution is -0.149. The average molecular weight is 731 g/mol. The Morgan fingerprint density at radius 3 is 2.33 bits per heavy atom. The predicted molar refractivity (Wildman–Crippen MR) is 189 cm³/mol. The van der Waals surface area contributed by atoms with E-state index < -0.39 is 12.1 Å². The topological polar surface area (TPSA) is 137 Å². The fourth-order valence-corrected chi connectivity index (χ4v) is 5.64. The number of ether oxygens (including phenoxy) is 3. The second-order valence-electron chi connectivity index (χ2n) is 12.9. The zero-order chi connectivity index (χ0) is 36.5. The van der Waals surface area contributed by atoms with Gasteiger partial charge in [-0.3, -0.25) is 9.59 Å². The number of thioether (sulfide) groups is 1. The maximum Gasteiger partial charge on any atom is 0.346 e. The van der Waals surface area contributed by atoms with Gasteiger partial charge in [0, 0.05) is 25.1 Å². The van der Waals surface area contributed by atoms with Crippen LogP contribution in [0.15, 0.2) is 70.3 Å². The van der Waals surface area contributed by atoms with Gasteiger partial charge in [-0.2, -0.15) is 9.94 Å². The number of carbonyl (C=O) groups is 3. The molecule has 4 rings (SSSR count). The van der Waals surface area contributed by atoms with E-state index >= 15 is 0 Å². The summed E-state index contributed by atoms with van der Waals surface area (Å²) < 4.78 is 17.5. The third-order valence-electron chi connectivity index (χ3n) is 7.40. The molecule has 11 nitrogen and oxygen atoms in total. The van der Waals surface area contributed by atoms with Crippen molar-refractivity contribution in [2.45, 2.75) is 58.2 Å². The Bertz CT molecular complexity index is 1690. The summed E-state index contributed by atoms with van der Waals surface area (Å²) >= 11 is 12.6. The molecule has 1 heterocycles. The number of hydrogen-bond acceptors (Lipinski definition) is 10. The van der Waals surface area contributed by atoms with Crippen LogP contribution in [0.5, 0.6) is 11.5 Å². The van der Waals surface area contributed by atoms with E-state index in [1.54, 1.807) is 51.4 Å². The van der Waals surface area contributed by atoms with E-state index in [4.69, 9.17) is 37.4 Å². The van der Waals surface area contributed by atoms with Crippen LogP contribution in [0.4, 0.5) is 4.79 Å². The highest BCUT2D eigenvalue weighted by atomic mass is 35.5. The predicted octanol–water partition coefficient (Wildman–Crippen LogP) is 7.94. The molecule has 3 unspecified atom stereocenters. The number of amides is 1. The van der Waals surface area contributed by atoms with E-state index in [2.05, 4.69) is 10.1 Å². The molecule has 1 aromatic heterocycles. The van der Waals surface area contributed by atoms with Gasteiger partial charge in [0.25, 0.3) is 0 Å². The molecular formula is C35H41Cl2N5O6S. The molecule has 0 bridgehead atoms. The first-order chi connectivity index (χ1) is 23.0. The third kappa shape index (κ3) is 11.0. The van der Waals surface area contributed by atoms with E-state index in [1.807, 2.05) is 71.0 Å². The smallest absolute Gasteiger partial charge is 0.346 e. The summed E-state index contributed by atoms with van der Waals surface area (Å²) in [6.45, 7) is 11.8. The molecule has 2 aromatic carbocycles. The summed E-state index contributed by atoms with van der Waals surface area (Å²) in [7, 11) is 3.28. The molecule has 1 amide bonds. The molecule has 0 spiro atoms. The van der Waals surface area contributed by atoms with Crippen molar-refractivity contribution < 1.29 is 28.6 Å². The molecule has 0 aliphatic heterocycles. The average Bonchev–Trinajstić information content (AvgIpc) is 3.33. The van der Waals surface area contributed by atoms with E-state index in [1.165, 1.54) is 9.58 Å². The number of nitriles is 1. The van der Waals surface area contributed by atoms with Crippen LogP contribution in [-0.4, -0.2) is 64.1 Å². The van der Waals surface area contributed by atoms with Gasteiger partial charge in [-0.05, 0) is 48.6 Å². The number of carbonyl (C=O) groups excluding carboxylic acids is 3. The summed E-state index contributed by atoms with van der Waals surface area (Å²) in [5, 5.41) is 14.2. The van der Waals surface area contributed by atoms with Crippen molar-refractivity contribution in [2.24, 2.45) is 17.3 Å². The molecule has 1 saturated carbocycles. The first-order valence-corrected chi connectivity index (χ1v) is 17.2. The lowest BCUT2D eigenvalue weighted by atomic mass is 9.96. The van der Waals surface area contributed by atoms with Gasteiger partial charge in [-0.1, -0.05) is 99.9 Å². The second-order valence-corrected chi connectivity index (χ2v) is 14.8. The molecular weight excluding hydrogens is 689 g/mol. The van der Waals surface area contributed by atoms with Crippen molar-refractivity contribution in [3.8, 4) is 17.6 Å². The van der Waals surface area contributed by atoms with E-state index in [0.717, 1.165) is 11.8 Å². The fourth-order valence-electron chi connectivity index (χ4n) is 4.65. The normalized spacial score (nSPS) is 16.5. The minimum Gasteiger partial charge on any atom is -0.465 e. The molecule has 262 valence electrons. The number of benzene rings is 2. The Hall–Kier alpha value is -4.05. The van der Waals surface area contributed by atoms with Crippen molar-refractivity contribution in [2.75, 3.05) is 26.5 Å². The second kappa shape index (κ2) is 17.1. The largest absolute Gasteiger partial charge is 0.465 e. The van der Waals surface area contributed by atoms with Crippen LogP contribution < -0.4 is 4.74 Å². The van der Waals surface area contributed by atoms with Crippen LogP contribution >= 0.6 is 35.0 Å². The number of nitrogens with zero attached hydrogens (tertiary/aromatic N) is 5. The number of halogens is 2. The molecule has 0 saturated heterocycles. The van der Waals surface area contributed by atoms with Gasteiger partial charge >= 0.3 is 18.0 Å². The quantitative estimate of drug-likeness (QED) is 0.149. The Balaban J connectivity index is 0.000000278. The highest BCUT2D eigenvalue weighted by Gasteiger charge is 2.62. The summed E-state index contributed by atoms with van der Waals surface area (Å²) in [5.41, 5.74) is -0.0493. The number of esters is 2. The highest BCUT2D eigenvalue weighted by molar-refractivity contribution is 7.99. The summed E-state index contributed by atoms with van der Waals surface area (Å²) in [5.74, 6) is 0.602. The lowest BCUT2D eigenvalue weighted by Gasteiger charge is -2.13. The third-order valence-corrected chi connectivity index (χ3v) is 8.55. The van der Waals surface area contributed by atoms with Crippen LogP contribution in [0, 0.1) is 28.6 Å². The van der Waals surface area contributed by atoms with Crippen LogP contribution in [0.1, 0.15) is 59.0 Å². The highest BCUT2D eigenvalue weighted by Crippen LogP contribution is 2.60. The van der Waals surface area contributed by atoms with Crippen molar-refractivity contribution in [1.82, 2.24) is 19.7 Å². The van der Waals surface area contributed by atoms with E-state index in [9.17, 15) is 19.6 Å². The molecule has 1 fully saturated rings. The molecule has 14 heteroatoms. The molecule has 3 atom stereocenters. The maximum absolute atomic E-state index is 12.6. The number of hydrogen-bond donors (Lipinski definition) is 0. The van der Waals surface area contributed by atoms with Gasteiger partial charge < -0.3 is 19.1 Å². The Labute approximate surface area is 301 Å². The maximum atomic E-state index is 12.6. The van der Waals surface area contributed by atoms with Crippen molar-refractivity contribution in [3.63, 3.8) is 0 Å². The fraction of sp³-hybridized carbons (Fsp3) is 0.429. The van der Waals surface area contributed by atoms with Crippen LogP contribution in [0.2, 0.25) is 0 Å². The number of aromatic nitrogens is 3. The van der Waals surface area contributed by atoms with Crippen molar-refractivity contribution >= 4 is 52.9 Å². The van der Waals surface area contributed by atoms with E-state index in [0.29, 0.717) is 34.7 Å². The number of rotatable bonds is 10.